The highest BCUT2D eigenvalue weighted by Crippen LogP contribution is 2.16. The van der Waals surface area contributed by atoms with Gasteiger partial charge in [0.05, 0.1) is 6.54 Å². The Morgan fingerprint density at radius 1 is 1.19 bits per heavy atom. The smallest absolute Gasteiger partial charge is 0.269 e. The van der Waals surface area contributed by atoms with E-state index in [9.17, 15) is 4.79 Å². The van der Waals surface area contributed by atoms with E-state index >= 15 is 0 Å². The molecule has 0 saturated carbocycles. The Balaban J connectivity index is 2.14. The highest BCUT2D eigenvalue weighted by Gasteiger charge is 2.12. The summed E-state index contributed by atoms with van der Waals surface area (Å²) in [5.74, 6) is -0.0174. The van der Waals surface area contributed by atoms with Gasteiger partial charge in [-0.25, -0.2) is 0 Å². The lowest BCUT2D eigenvalue weighted by atomic mass is 10.2. The van der Waals surface area contributed by atoms with E-state index in [2.05, 4.69) is 28.6 Å². The number of nitrogens with zero attached hydrogens (tertiary/aromatic N) is 2. The van der Waals surface area contributed by atoms with Crippen molar-refractivity contribution >= 4 is 11.6 Å². The molecule has 0 atom stereocenters. The molecule has 0 aliphatic rings. The highest BCUT2D eigenvalue weighted by molar-refractivity contribution is 5.92. The Kier molecular flexibility index (Phi) is 4.82. The average molecular weight is 283 g/mol. The molecule has 0 aliphatic carbocycles. The molecule has 1 aromatic carbocycles. The summed E-state index contributed by atoms with van der Waals surface area (Å²) < 4.78 is 0. The summed E-state index contributed by atoms with van der Waals surface area (Å²) in [6.45, 7) is 5.27. The highest BCUT2D eigenvalue weighted by atomic mass is 16.2. The lowest BCUT2D eigenvalue weighted by Crippen LogP contribution is -2.24. The molecule has 1 aromatic heterocycles. The van der Waals surface area contributed by atoms with Crippen molar-refractivity contribution in [3.8, 4) is 0 Å². The van der Waals surface area contributed by atoms with Crippen LogP contribution in [0.25, 0.3) is 0 Å². The van der Waals surface area contributed by atoms with Crippen molar-refractivity contribution in [2.75, 3.05) is 25.5 Å². The number of nitrogens with one attached hydrogen (secondary N) is 1. The number of hydrogen-bond acceptors (Lipinski definition) is 2. The number of H-pyrrole nitrogens is 1. The third kappa shape index (κ3) is 3.75. The van der Waals surface area contributed by atoms with Gasteiger partial charge in [-0.2, -0.15) is 0 Å². The van der Waals surface area contributed by atoms with Gasteiger partial charge in [-0.3, -0.25) is 4.79 Å². The van der Waals surface area contributed by atoms with Gasteiger partial charge in [-0.15, -0.1) is 6.58 Å². The second-order valence-corrected chi connectivity index (χ2v) is 5.10. The van der Waals surface area contributed by atoms with E-state index in [-0.39, 0.29) is 5.91 Å². The predicted octanol–water partition coefficient (Wildman–Crippen LogP) is 2.91. The Hall–Kier alpha value is -2.49. The molecule has 1 heterocycles. The van der Waals surface area contributed by atoms with Crippen LogP contribution in [0.15, 0.2) is 55.1 Å². The first-order valence-corrected chi connectivity index (χ1v) is 6.92. The van der Waals surface area contributed by atoms with Crippen LogP contribution in [-0.2, 0) is 6.54 Å². The van der Waals surface area contributed by atoms with Crippen molar-refractivity contribution in [3.63, 3.8) is 0 Å². The number of para-hydroxylation sites is 1. The fraction of sp³-hybridized carbons (Fsp3) is 0.235. The number of benzene rings is 1. The maximum Gasteiger partial charge on any atom is 0.269 e. The molecule has 1 amide bonds. The molecule has 0 unspecified atom stereocenters. The van der Waals surface area contributed by atoms with Gasteiger partial charge >= 0.3 is 0 Å². The number of rotatable bonds is 6. The molecular weight excluding hydrogens is 262 g/mol. The Morgan fingerprint density at radius 3 is 2.52 bits per heavy atom. The quantitative estimate of drug-likeness (QED) is 0.828. The van der Waals surface area contributed by atoms with E-state index in [1.165, 1.54) is 0 Å². The minimum absolute atomic E-state index is 0.0174. The molecule has 0 spiro atoms. The zero-order valence-electron chi connectivity index (χ0n) is 12.5. The first-order chi connectivity index (χ1) is 10.1. The van der Waals surface area contributed by atoms with Crippen LogP contribution < -0.4 is 4.90 Å². The molecule has 4 heteroatoms. The van der Waals surface area contributed by atoms with E-state index in [4.69, 9.17) is 0 Å². The van der Waals surface area contributed by atoms with Crippen molar-refractivity contribution in [3.05, 3.63) is 66.5 Å². The van der Waals surface area contributed by atoms with Gasteiger partial charge in [0.2, 0.25) is 0 Å². The monoisotopic (exact) mass is 283 g/mol. The Morgan fingerprint density at radius 2 is 1.90 bits per heavy atom. The molecule has 0 bridgehead atoms. The molecule has 1 N–H and O–H groups in total. The second kappa shape index (κ2) is 6.79. The number of anilines is 1. The SMILES string of the molecule is C=CCN(Cc1ccc(C(=O)N(C)C)[nH]1)c1ccccc1. The van der Waals surface area contributed by atoms with Crippen LogP contribution in [0.4, 0.5) is 5.69 Å². The third-order valence-corrected chi connectivity index (χ3v) is 3.22. The standard InChI is InChI=1S/C17H21N3O/c1-4-12-20(15-8-6-5-7-9-15)13-14-10-11-16(18-14)17(21)19(2)3/h4-11,18H,1,12-13H2,2-3H3. The van der Waals surface area contributed by atoms with Crippen LogP contribution in [0, 0.1) is 0 Å². The summed E-state index contributed by atoms with van der Waals surface area (Å²) in [6.07, 6.45) is 1.88. The van der Waals surface area contributed by atoms with Gasteiger partial charge in [0.15, 0.2) is 0 Å². The van der Waals surface area contributed by atoms with Crippen LogP contribution in [0.2, 0.25) is 0 Å². The van der Waals surface area contributed by atoms with Gasteiger partial charge < -0.3 is 14.8 Å². The molecule has 0 fully saturated rings. The van der Waals surface area contributed by atoms with Gasteiger partial charge in [0.1, 0.15) is 5.69 Å². The summed E-state index contributed by atoms with van der Waals surface area (Å²) in [6, 6.07) is 13.9. The molecular formula is C17H21N3O. The normalized spacial score (nSPS) is 10.2. The molecule has 4 nitrogen and oxygen atoms in total. The largest absolute Gasteiger partial charge is 0.362 e. The summed E-state index contributed by atoms with van der Waals surface area (Å²) in [4.78, 5) is 18.9. The lowest BCUT2D eigenvalue weighted by molar-refractivity contribution is 0.0822. The van der Waals surface area contributed by atoms with Crippen LogP contribution in [0.5, 0.6) is 0 Å². The van der Waals surface area contributed by atoms with Crippen LogP contribution in [0.3, 0.4) is 0 Å². The van der Waals surface area contributed by atoms with Crippen molar-refractivity contribution < 1.29 is 4.79 Å². The lowest BCUT2D eigenvalue weighted by Gasteiger charge is -2.22. The fourth-order valence-corrected chi connectivity index (χ4v) is 2.16. The number of hydrogen-bond donors (Lipinski definition) is 1. The molecule has 0 radical (unpaired) electrons. The van der Waals surface area contributed by atoms with Gasteiger partial charge in [0.25, 0.3) is 5.91 Å². The fourth-order valence-electron chi connectivity index (χ4n) is 2.16. The summed E-state index contributed by atoms with van der Waals surface area (Å²) in [5, 5.41) is 0. The second-order valence-electron chi connectivity index (χ2n) is 5.10. The third-order valence-electron chi connectivity index (χ3n) is 3.22. The number of carbonyl (C=O) groups is 1. The first kappa shape index (κ1) is 14.9. The van der Waals surface area contributed by atoms with Gasteiger partial charge in [-0.05, 0) is 24.3 Å². The van der Waals surface area contributed by atoms with E-state index < -0.39 is 0 Å². The minimum atomic E-state index is -0.0174. The Labute approximate surface area is 125 Å². The van der Waals surface area contributed by atoms with Crippen molar-refractivity contribution in [1.82, 2.24) is 9.88 Å². The van der Waals surface area contributed by atoms with Gasteiger partial charge in [0, 0.05) is 32.0 Å². The van der Waals surface area contributed by atoms with Crippen molar-refractivity contribution in [2.24, 2.45) is 0 Å². The molecule has 110 valence electrons. The predicted molar refractivity (Wildman–Crippen MR) is 86.5 cm³/mol. The topological polar surface area (TPSA) is 39.3 Å². The number of carbonyl (C=O) groups excluding carboxylic acids is 1. The van der Waals surface area contributed by atoms with E-state index in [0.29, 0.717) is 12.2 Å². The Bertz CT molecular complexity index is 602. The molecule has 2 rings (SSSR count). The number of amides is 1. The molecule has 0 aliphatic heterocycles. The number of aromatic amines is 1. The minimum Gasteiger partial charge on any atom is -0.362 e. The van der Waals surface area contributed by atoms with Crippen molar-refractivity contribution in [1.29, 1.82) is 0 Å². The maximum atomic E-state index is 11.9. The van der Waals surface area contributed by atoms with Crippen LogP contribution in [0.1, 0.15) is 16.2 Å². The average Bonchev–Trinajstić information content (AvgIpc) is 2.95. The van der Waals surface area contributed by atoms with E-state index in [1.807, 2.05) is 36.4 Å². The molecule has 2 aromatic rings. The zero-order chi connectivity index (χ0) is 15.2. The first-order valence-electron chi connectivity index (χ1n) is 6.92. The van der Waals surface area contributed by atoms with Crippen LogP contribution >= 0.6 is 0 Å². The summed E-state index contributed by atoms with van der Waals surface area (Å²) >= 11 is 0. The van der Waals surface area contributed by atoms with Crippen molar-refractivity contribution in [2.45, 2.75) is 6.54 Å². The number of aromatic nitrogens is 1. The molecule has 21 heavy (non-hydrogen) atoms. The molecule has 0 saturated heterocycles. The van der Waals surface area contributed by atoms with E-state index in [0.717, 1.165) is 17.9 Å². The van der Waals surface area contributed by atoms with Crippen LogP contribution in [-0.4, -0.2) is 36.4 Å². The zero-order valence-corrected chi connectivity index (χ0v) is 12.5. The summed E-state index contributed by atoms with van der Waals surface area (Å²) in [7, 11) is 3.49. The van der Waals surface area contributed by atoms with Gasteiger partial charge in [-0.1, -0.05) is 24.3 Å². The van der Waals surface area contributed by atoms with E-state index in [1.54, 1.807) is 19.0 Å². The maximum absolute atomic E-state index is 11.9. The summed E-state index contributed by atoms with van der Waals surface area (Å²) in [5.41, 5.74) is 2.75.